The third-order valence-electron chi connectivity index (χ3n) is 1.37. The summed E-state index contributed by atoms with van der Waals surface area (Å²) in [6, 6.07) is 1.39. The molecular weight excluding hydrogens is 172 g/mol. The summed E-state index contributed by atoms with van der Waals surface area (Å²) in [7, 11) is 0. The summed E-state index contributed by atoms with van der Waals surface area (Å²) in [6.07, 6.45) is 1.70. The third kappa shape index (κ3) is 2.72. The van der Waals surface area contributed by atoms with Gasteiger partial charge in [-0.2, -0.15) is 0 Å². The molecule has 0 unspecified atom stereocenters. The molecule has 5 heteroatoms. The molecular formula is C8H10N2O3. The minimum atomic E-state index is -1.08. The molecule has 0 aliphatic rings. The zero-order chi connectivity index (χ0) is 9.68. The molecule has 1 aromatic rings. The van der Waals surface area contributed by atoms with Crippen molar-refractivity contribution in [2.45, 2.75) is 6.54 Å². The Morgan fingerprint density at radius 1 is 1.85 bits per heavy atom. The molecule has 0 radical (unpaired) electrons. The Kier molecular flexibility index (Phi) is 3.22. The monoisotopic (exact) mass is 182 g/mol. The summed E-state index contributed by atoms with van der Waals surface area (Å²) in [4.78, 5) is 10.4. The van der Waals surface area contributed by atoms with Gasteiger partial charge in [-0.15, -0.1) is 6.58 Å². The van der Waals surface area contributed by atoms with Gasteiger partial charge in [0.25, 0.3) is 0 Å². The van der Waals surface area contributed by atoms with Gasteiger partial charge < -0.3 is 14.9 Å². The van der Waals surface area contributed by atoms with Gasteiger partial charge in [0.1, 0.15) is 0 Å². The molecule has 0 fully saturated rings. The Hall–Kier alpha value is -1.62. The zero-order valence-electron chi connectivity index (χ0n) is 6.99. The summed E-state index contributed by atoms with van der Waals surface area (Å²) in [5.74, 6) is -0.585. The average Bonchev–Trinajstić information content (AvgIpc) is 2.53. The van der Waals surface area contributed by atoms with E-state index in [1.807, 2.05) is 0 Å². The van der Waals surface area contributed by atoms with Crippen molar-refractivity contribution in [3.63, 3.8) is 0 Å². The van der Waals surface area contributed by atoms with Crippen LogP contribution in [0.5, 0.6) is 0 Å². The number of hydrogen-bond donors (Lipinski definition) is 2. The van der Waals surface area contributed by atoms with Gasteiger partial charge in [-0.1, -0.05) is 11.2 Å². The molecule has 0 saturated heterocycles. The number of aromatic nitrogens is 1. The van der Waals surface area contributed by atoms with E-state index in [1.54, 1.807) is 6.08 Å². The molecule has 0 aliphatic heterocycles. The fourth-order valence-corrected chi connectivity index (χ4v) is 0.795. The summed E-state index contributed by atoms with van der Waals surface area (Å²) < 4.78 is 4.74. The fraction of sp³-hybridized carbons (Fsp3) is 0.250. The summed E-state index contributed by atoms with van der Waals surface area (Å²) >= 11 is 0. The minimum absolute atomic E-state index is 0.0737. The van der Waals surface area contributed by atoms with Crippen molar-refractivity contribution in [1.82, 2.24) is 10.5 Å². The fourth-order valence-electron chi connectivity index (χ4n) is 0.795. The van der Waals surface area contributed by atoms with E-state index in [0.29, 0.717) is 18.8 Å². The zero-order valence-corrected chi connectivity index (χ0v) is 6.99. The molecule has 5 nitrogen and oxygen atoms in total. The lowest BCUT2D eigenvalue weighted by Gasteiger charge is -1.94. The molecule has 0 atom stereocenters. The SMILES string of the molecule is C=CCNCc1cc(C(=O)O)no1. The third-order valence-corrected chi connectivity index (χ3v) is 1.37. The lowest BCUT2D eigenvalue weighted by molar-refractivity contribution is 0.0685. The normalized spacial score (nSPS) is 9.85. The maximum absolute atomic E-state index is 10.4. The standard InChI is InChI=1S/C8H10N2O3/c1-2-3-9-5-6-4-7(8(11)12)10-13-6/h2,4,9H,1,3,5H2,(H,11,12). The quantitative estimate of drug-likeness (QED) is 0.516. The van der Waals surface area contributed by atoms with Crippen molar-refractivity contribution in [3.05, 3.63) is 30.2 Å². The second kappa shape index (κ2) is 4.42. The molecule has 1 aromatic heterocycles. The van der Waals surface area contributed by atoms with Crippen molar-refractivity contribution in [2.24, 2.45) is 0 Å². The van der Waals surface area contributed by atoms with Crippen molar-refractivity contribution >= 4 is 5.97 Å². The van der Waals surface area contributed by atoms with E-state index in [2.05, 4.69) is 17.1 Å². The van der Waals surface area contributed by atoms with Gasteiger partial charge in [0.05, 0.1) is 6.54 Å². The number of hydrogen-bond acceptors (Lipinski definition) is 4. The highest BCUT2D eigenvalue weighted by Gasteiger charge is 2.09. The first-order chi connectivity index (χ1) is 6.24. The maximum Gasteiger partial charge on any atom is 0.358 e. The van der Waals surface area contributed by atoms with Crippen LogP contribution in [-0.2, 0) is 6.54 Å². The van der Waals surface area contributed by atoms with Crippen molar-refractivity contribution in [1.29, 1.82) is 0 Å². The van der Waals surface area contributed by atoms with Gasteiger partial charge in [-0.3, -0.25) is 0 Å². The van der Waals surface area contributed by atoms with Crippen LogP contribution >= 0.6 is 0 Å². The van der Waals surface area contributed by atoms with E-state index in [1.165, 1.54) is 6.07 Å². The first-order valence-corrected chi connectivity index (χ1v) is 3.74. The molecule has 0 aromatic carbocycles. The van der Waals surface area contributed by atoms with Crippen molar-refractivity contribution in [3.8, 4) is 0 Å². The Balaban J connectivity index is 2.49. The van der Waals surface area contributed by atoms with Crippen LogP contribution in [0.3, 0.4) is 0 Å². The molecule has 1 heterocycles. The predicted molar refractivity (Wildman–Crippen MR) is 45.4 cm³/mol. The molecule has 0 aliphatic carbocycles. The number of carbonyl (C=O) groups is 1. The van der Waals surface area contributed by atoms with Crippen molar-refractivity contribution < 1.29 is 14.4 Å². The maximum atomic E-state index is 10.4. The molecule has 1 rings (SSSR count). The Labute approximate surface area is 75.0 Å². The van der Waals surface area contributed by atoms with Gasteiger partial charge in [0.15, 0.2) is 11.5 Å². The largest absolute Gasteiger partial charge is 0.476 e. The molecule has 13 heavy (non-hydrogen) atoms. The molecule has 0 spiro atoms. The van der Waals surface area contributed by atoms with Crippen LogP contribution < -0.4 is 5.32 Å². The molecule has 0 amide bonds. The highest BCUT2D eigenvalue weighted by Crippen LogP contribution is 2.02. The van der Waals surface area contributed by atoms with Crippen LogP contribution in [0.25, 0.3) is 0 Å². The number of carboxylic acids is 1. The topological polar surface area (TPSA) is 75.4 Å². The molecule has 0 bridgehead atoms. The number of nitrogens with zero attached hydrogens (tertiary/aromatic N) is 1. The summed E-state index contributed by atoms with van der Waals surface area (Å²) in [5, 5.41) is 14.8. The van der Waals surface area contributed by atoms with Crippen LogP contribution in [0.15, 0.2) is 23.2 Å². The minimum Gasteiger partial charge on any atom is -0.476 e. The van der Waals surface area contributed by atoms with E-state index in [9.17, 15) is 4.79 Å². The summed E-state index contributed by atoms with van der Waals surface area (Å²) in [5.41, 5.74) is -0.0737. The van der Waals surface area contributed by atoms with E-state index in [4.69, 9.17) is 9.63 Å². The van der Waals surface area contributed by atoms with Crippen LogP contribution in [-0.4, -0.2) is 22.8 Å². The molecule has 0 saturated carbocycles. The Bertz CT molecular complexity index is 306. The Morgan fingerprint density at radius 2 is 2.62 bits per heavy atom. The second-order valence-corrected chi connectivity index (χ2v) is 2.40. The highest BCUT2D eigenvalue weighted by molar-refractivity contribution is 5.85. The lowest BCUT2D eigenvalue weighted by atomic mass is 10.3. The van der Waals surface area contributed by atoms with E-state index in [0.717, 1.165) is 0 Å². The van der Waals surface area contributed by atoms with Crippen LogP contribution in [0.2, 0.25) is 0 Å². The number of carboxylic acid groups (broad SMARTS) is 1. The van der Waals surface area contributed by atoms with E-state index >= 15 is 0 Å². The highest BCUT2D eigenvalue weighted by atomic mass is 16.5. The van der Waals surface area contributed by atoms with Crippen LogP contribution in [0.1, 0.15) is 16.2 Å². The number of rotatable bonds is 5. The number of aromatic carboxylic acids is 1. The van der Waals surface area contributed by atoms with E-state index < -0.39 is 5.97 Å². The average molecular weight is 182 g/mol. The first-order valence-electron chi connectivity index (χ1n) is 3.74. The van der Waals surface area contributed by atoms with E-state index in [-0.39, 0.29) is 5.69 Å². The number of nitrogens with one attached hydrogen (secondary N) is 1. The lowest BCUT2D eigenvalue weighted by Crippen LogP contribution is -2.11. The first kappa shape index (κ1) is 9.47. The van der Waals surface area contributed by atoms with Gasteiger partial charge >= 0.3 is 5.97 Å². The van der Waals surface area contributed by atoms with Gasteiger partial charge in [0, 0.05) is 12.6 Å². The van der Waals surface area contributed by atoms with Crippen molar-refractivity contribution in [2.75, 3.05) is 6.54 Å². The Morgan fingerprint density at radius 3 is 3.15 bits per heavy atom. The predicted octanol–water partition coefficient (Wildman–Crippen LogP) is 0.648. The van der Waals surface area contributed by atoms with Crippen LogP contribution in [0, 0.1) is 0 Å². The second-order valence-electron chi connectivity index (χ2n) is 2.40. The van der Waals surface area contributed by atoms with Gasteiger partial charge in [-0.05, 0) is 0 Å². The van der Waals surface area contributed by atoms with Gasteiger partial charge in [0.2, 0.25) is 0 Å². The molecule has 70 valence electrons. The van der Waals surface area contributed by atoms with Crippen LogP contribution in [0.4, 0.5) is 0 Å². The smallest absolute Gasteiger partial charge is 0.358 e. The molecule has 2 N–H and O–H groups in total. The summed E-state index contributed by atoms with van der Waals surface area (Å²) in [6.45, 7) is 4.62. The van der Waals surface area contributed by atoms with Gasteiger partial charge in [-0.25, -0.2) is 4.79 Å².